The molecular weight excluding hydrogens is 188 g/mol. The summed E-state index contributed by atoms with van der Waals surface area (Å²) in [5, 5.41) is 7.35. The molecule has 0 unspecified atom stereocenters. The van der Waals surface area contributed by atoms with Gasteiger partial charge >= 0.3 is 0 Å². The number of aromatic nitrogens is 1. The lowest BCUT2D eigenvalue weighted by Crippen LogP contribution is -2.11. The van der Waals surface area contributed by atoms with E-state index in [1.54, 1.807) is 0 Å². The van der Waals surface area contributed by atoms with Crippen LogP contribution < -0.4 is 5.32 Å². The smallest absolute Gasteiger partial charge is 0.140 e. The predicted octanol–water partition coefficient (Wildman–Crippen LogP) is 2.83. The molecule has 1 N–H and O–H groups in total. The van der Waals surface area contributed by atoms with E-state index < -0.39 is 0 Å². The third-order valence-corrected chi connectivity index (χ3v) is 3.14. The van der Waals surface area contributed by atoms with E-state index in [-0.39, 0.29) is 0 Å². The van der Waals surface area contributed by atoms with Crippen molar-refractivity contribution in [2.45, 2.75) is 51.5 Å². The Kier molecular flexibility index (Phi) is 3.78. The van der Waals surface area contributed by atoms with Crippen molar-refractivity contribution in [3.63, 3.8) is 0 Å². The second kappa shape index (κ2) is 5.31. The minimum Gasteiger partial charge on any atom is -0.361 e. The van der Waals surface area contributed by atoms with E-state index in [9.17, 15) is 0 Å². The number of rotatable bonds is 4. The highest BCUT2D eigenvalue weighted by Gasteiger charge is 2.19. The molecule has 0 aromatic carbocycles. The number of hydrogen-bond acceptors (Lipinski definition) is 3. The summed E-state index contributed by atoms with van der Waals surface area (Å²) in [6.07, 6.45) is 6.61. The van der Waals surface area contributed by atoms with Crippen molar-refractivity contribution in [1.82, 2.24) is 10.5 Å². The zero-order chi connectivity index (χ0) is 10.5. The van der Waals surface area contributed by atoms with Gasteiger partial charge in [0.15, 0.2) is 0 Å². The van der Waals surface area contributed by atoms with E-state index in [4.69, 9.17) is 4.52 Å². The third kappa shape index (κ3) is 2.81. The molecule has 0 atom stereocenters. The van der Waals surface area contributed by atoms with Crippen molar-refractivity contribution in [1.29, 1.82) is 0 Å². The molecule has 1 aromatic rings. The SMILES string of the molecule is CCNCc1cc(C2CCCCC2)on1. The average Bonchev–Trinajstić information content (AvgIpc) is 2.76. The molecule has 0 radical (unpaired) electrons. The first-order valence-electron chi connectivity index (χ1n) is 6.06. The Morgan fingerprint density at radius 1 is 1.40 bits per heavy atom. The molecule has 0 saturated heterocycles. The first-order valence-corrected chi connectivity index (χ1v) is 6.06. The van der Waals surface area contributed by atoms with Crippen LogP contribution in [0.25, 0.3) is 0 Å². The predicted molar refractivity (Wildman–Crippen MR) is 59.7 cm³/mol. The van der Waals surface area contributed by atoms with Crippen LogP contribution in [0.2, 0.25) is 0 Å². The summed E-state index contributed by atoms with van der Waals surface area (Å²) in [6, 6.07) is 2.12. The highest BCUT2D eigenvalue weighted by atomic mass is 16.5. The maximum atomic E-state index is 5.41. The van der Waals surface area contributed by atoms with E-state index >= 15 is 0 Å². The van der Waals surface area contributed by atoms with Crippen LogP contribution in [0.5, 0.6) is 0 Å². The minimum absolute atomic E-state index is 0.627. The van der Waals surface area contributed by atoms with Gasteiger partial charge in [0, 0.05) is 18.5 Å². The monoisotopic (exact) mass is 208 g/mol. The Morgan fingerprint density at radius 3 is 2.93 bits per heavy atom. The summed E-state index contributed by atoms with van der Waals surface area (Å²) in [7, 11) is 0. The first kappa shape index (κ1) is 10.7. The summed E-state index contributed by atoms with van der Waals surface area (Å²) < 4.78 is 5.41. The Hall–Kier alpha value is -0.830. The molecule has 84 valence electrons. The van der Waals surface area contributed by atoms with Gasteiger partial charge in [-0.05, 0) is 19.4 Å². The lowest BCUT2D eigenvalue weighted by Gasteiger charge is -2.18. The zero-order valence-corrected chi connectivity index (χ0v) is 9.46. The van der Waals surface area contributed by atoms with Gasteiger partial charge in [0.25, 0.3) is 0 Å². The Bertz CT molecular complexity index is 290. The maximum absolute atomic E-state index is 5.41. The van der Waals surface area contributed by atoms with Gasteiger partial charge in [0.2, 0.25) is 0 Å². The van der Waals surface area contributed by atoms with Crippen LogP contribution in [0.15, 0.2) is 10.6 Å². The fourth-order valence-electron chi connectivity index (χ4n) is 2.24. The van der Waals surface area contributed by atoms with E-state index in [2.05, 4.69) is 23.5 Å². The van der Waals surface area contributed by atoms with Crippen molar-refractivity contribution in [3.8, 4) is 0 Å². The minimum atomic E-state index is 0.627. The molecular formula is C12H20N2O. The molecule has 0 aliphatic heterocycles. The van der Waals surface area contributed by atoms with Crippen molar-refractivity contribution < 1.29 is 4.52 Å². The molecule has 1 saturated carbocycles. The second-order valence-electron chi connectivity index (χ2n) is 4.34. The average molecular weight is 208 g/mol. The third-order valence-electron chi connectivity index (χ3n) is 3.14. The zero-order valence-electron chi connectivity index (χ0n) is 9.46. The number of nitrogens with one attached hydrogen (secondary N) is 1. The van der Waals surface area contributed by atoms with Gasteiger partial charge in [-0.2, -0.15) is 0 Å². The molecule has 15 heavy (non-hydrogen) atoms. The lowest BCUT2D eigenvalue weighted by molar-refractivity contribution is 0.318. The second-order valence-corrected chi connectivity index (χ2v) is 4.34. The van der Waals surface area contributed by atoms with Gasteiger partial charge < -0.3 is 9.84 Å². The van der Waals surface area contributed by atoms with Gasteiger partial charge in [0.05, 0.1) is 5.69 Å². The normalized spacial score (nSPS) is 18.2. The summed E-state index contributed by atoms with van der Waals surface area (Å²) in [5.41, 5.74) is 1.04. The van der Waals surface area contributed by atoms with Crippen LogP contribution in [0.3, 0.4) is 0 Å². The summed E-state index contributed by atoms with van der Waals surface area (Å²) in [5.74, 6) is 1.73. The van der Waals surface area contributed by atoms with Crippen LogP contribution in [0.1, 0.15) is 56.4 Å². The molecule has 2 rings (SSSR count). The molecule has 0 spiro atoms. The van der Waals surface area contributed by atoms with Gasteiger partial charge in [-0.1, -0.05) is 31.3 Å². The van der Waals surface area contributed by atoms with E-state index in [0.717, 1.165) is 24.5 Å². The lowest BCUT2D eigenvalue weighted by atomic mass is 9.87. The standard InChI is InChI=1S/C12H20N2O/c1-2-13-9-11-8-12(15-14-11)10-6-4-3-5-7-10/h8,10,13H,2-7,9H2,1H3. The molecule has 1 fully saturated rings. The summed E-state index contributed by atoms with van der Waals surface area (Å²) in [6.45, 7) is 3.90. The molecule has 1 aliphatic carbocycles. The quantitative estimate of drug-likeness (QED) is 0.826. The Labute approximate surface area is 91.2 Å². The fourth-order valence-corrected chi connectivity index (χ4v) is 2.24. The van der Waals surface area contributed by atoms with E-state index in [0.29, 0.717) is 5.92 Å². The molecule has 3 nitrogen and oxygen atoms in total. The van der Waals surface area contributed by atoms with Crippen molar-refractivity contribution >= 4 is 0 Å². The highest BCUT2D eigenvalue weighted by molar-refractivity contribution is 5.10. The molecule has 3 heteroatoms. The van der Waals surface area contributed by atoms with Crippen molar-refractivity contribution in [2.75, 3.05) is 6.54 Å². The fraction of sp³-hybridized carbons (Fsp3) is 0.750. The molecule has 0 bridgehead atoms. The molecule has 0 amide bonds. The van der Waals surface area contributed by atoms with Crippen molar-refractivity contribution in [2.24, 2.45) is 0 Å². The van der Waals surface area contributed by atoms with Gasteiger partial charge in [-0.25, -0.2) is 0 Å². The largest absolute Gasteiger partial charge is 0.361 e. The van der Waals surface area contributed by atoms with Crippen LogP contribution >= 0.6 is 0 Å². The topological polar surface area (TPSA) is 38.1 Å². The Balaban J connectivity index is 1.93. The highest BCUT2D eigenvalue weighted by Crippen LogP contribution is 2.32. The van der Waals surface area contributed by atoms with Gasteiger partial charge in [0.1, 0.15) is 5.76 Å². The summed E-state index contributed by atoms with van der Waals surface area (Å²) in [4.78, 5) is 0. The van der Waals surface area contributed by atoms with Crippen molar-refractivity contribution in [3.05, 3.63) is 17.5 Å². The van der Waals surface area contributed by atoms with E-state index in [1.165, 1.54) is 32.1 Å². The molecule has 1 heterocycles. The van der Waals surface area contributed by atoms with Gasteiger partial charge in [-0.3, -0.25) is 0 Å². The maximum Gasteiger partial charge on any atom is 0.140 e. The molecule has 1 aliphatic rings. The molecule has 1 aromatic heterocycles. The number of hydrogen-bond donors (Lipinski definition) is 1. The van der Waals surface area contributed by atoms with Crippen LogP contribution in [-0.2, 0) is 6.54 Å². The van der Waals surface area contributed by atoms with Crippen LogP contribution in [-0.4, -0.2) is 11.7 Å². The van der Waals surface area contributed by atoms with Gasteiger partial charge in [-0.15, -0.1) is 0 Å². The van der Waals surface area contributed by atoms with Crippen LogP contribution in [0, 0.1) is 0 Å². The Morgan fingerprint density at radius 2 is 2.20 bits per heavy atom. The summed E-state index contributed by atoms with van der Waals surface area (Å²) >= 11 is 0. The van der Waals surface area contributed by atoms with E-state index in [1.807, 2.05) is 0 Å². The first-order chi connectivity index (χ1) is 7.40. The number of nitrogens with zero attached hydrogens (tertiary/aromatic N) is 1. The van der Waals surface area contributed by atoms with Crippen LogP contribution in [0.4, 0.5) is 0 Å².